The smallest absolute Gasteiger partial charge is 0.205 e. The van der Waals surface area contributed by atoms with Crippen LogP contribution in [0.25, 0.3) is 11.7 Å². The molecular weight excluding hydrogens is 269 g/mol. The van der Waals surface area contributed by atoms with Crippen LogP contribution in [0.15, 0.2) is 23.2 Å². The highest BCUT2D eigenvalue weighted by Crippen LogP contribution is 2.19. The highest BCUT2D eigenvalue weighted by Gasteiger charge is 2.24. The van der Waals surface area contributed by atoms with Crippen molar-refractivity contribution >= 4 is 31.5 Å². The van der Waals surface area contributed by atoms with Crippen molar-refractivity contribution in [2.24, 2.45) is 0 Å². The molecule has 0 spiro atoms. The van der Waals surface area contributed by atoms with Crippen molar-refractivity contribution < 1.29 is 12.8 Å². The summed E-state index contributed by atoms with van der Waals surface area (Å²) < 4.78 is 36.6. The van der Waals surface area contributed by atoms with E-state index in [1.165, 1.54) is 6.07 Å². The maximum atomic E-state index is 13.4. The Morgan fingerprint density at radius 2 is 2.18 bits per heavy atom. The SMILES string of the molecule is CC=Cc1ccc2nc(F)c(S(=O)(=O)Cl)n2n1. The summed E-state index contributed by atoms with van der Waals surface area (Å²) in [6, 6.07) is 3.05. The number of hydrogen-bond acceptors (Lipinski definition) is 4. The van der Waals surface area contributed by atoms with E-state index in [-0.39, 0.29) is 5.65 Å². The van der Waals surface area contributed by atoms with E-state index < -0.39 is 20.0 Å². The van der Waals surface area contributed by atoms with E-state index in [2.05, 4.69) is 10.1 Å². The van der Waals surface area contributed by atoms with Gasteiger partial charge in [-0.1, -0.05) is 6.08 Å². The van der Waals surface area contributed by atoms with Gasteiger partial charge in [-0.2, -0.15) is 19.0 Å². The minimum Gasteiger partial charge on any atom is -0.205 e. The zero-order valence-electron chi connectivity index (χ0n) is 8.63. The monoisotopic (exact) mass is 275 g/mol. The Hall–Kier alpha value is -1.47. The average Bonchev–Trinajstić information content (AvgIpc) is 2.53. The zero-order valence-corrected chi connectivity index (χ0v) is 10.2. The Balaban J connectivity index is 2.83. The van der Waals surface area contributed by atoms with Crippen molar-refractivity contribution in [3.05, 3.63) is 29.9 Å². The molecule has 0 aliphatic rings. The number of imidazole rings is 1. The van der Waals surface area contributed by atoms with Crippen molar-refractivity contribution in [3.8, 4) is 0 Å². The summed E-state index contributed by atoms with van der Waals surface area (Å²) in [6.07, 6.45) is 3.36. The van der Waals surface area contributed by atoms with Gasteiger partial charge in [0.15, 0.2) is 5.65 Å². The van der Waals surface area contributed by atoms with Gasteiger partial charge in [0.05, 0.1) is 5.69 Å². The Kier molecular flexibility index (Phi) is 2.88. The lowest BCUT2D eigenvalue weighted by Gasteiger charge is -1.98. The molecule has 0 aliphatic carbocycles. The Bertz CT molecular complexity index is 708. The van der Waals surface area contributed by atoms with E-state index in [4.69, 9.17) is 10.7 Å². The maximum Gasteiger partial charge on any atom is 0.283 e. The molecule has 0 fully saturated rings. The molecule has 2 rings (SSSR count). The van der Waals surface area contributed by atoms with E-state index in [9.17, 15) is 12.8 Å². The molecule has 0 unspecified atom stereocenters. The first kappa shape index (κ1) is 12.0. The third-order valence-corrected chi connectivity index (χ3v) is 3.23. The van der Waals surface area contributed by atoms with Crippen molar-refractivity contribution in [1.82, 2.24) is 14.6 Å². The van der Waals surface area contributed by atoms with Crippen LogP contribution in [-0.4, -0.2) is 23.0 Å². The fourth-order valence-electron chi connectivity index (χ4n) is 1.36. The van der Waals surface area contributed by atoms with Crippen LogP contribution in [0.5, 0.6) is 0 Å². The summed E-state index contributed by atoms with van der Waals surface area (Å²) in [4.78, 5) is 3.43. The molecule has 0 aliphatic heterocycles. The topological polar surface area (TPSA) is 64.3 Å². The summed E-state index contributed by atoms with van der Waals surface area (Å²) >= 11 is 0. The van der Waals surface area contributed by atoms with Gasteiger partial charge in [-0.3, -0.25) is 0 Å². The van der Waals surface area contributed by atoms with Crippen molar-refractivity contribution in [2.45, 2.75) is 11.9 Å². The molecule has 0 amide bonds. The van der Waals surface area contributed by atoms with E-state index in [1.54, 1.807) is 25.1 Å². The molecule has 0 saturated heterocycles. The lowest BCUT2D eigenvalue weighted by Crippen LogP contribution is -2.03. The van der Waals surface area contributed by atoms with Gasteiger partial charge in [0.2, 0.25) is 5.03 Å². The average molecular weight is 276 g/mol. The Labute approximate surface area is 101 Å². The third-order valence-electron chi connectivity index (χ3n) is 1.99. The molecule has 5 nitrogen and oxygen atoms in total. The van der Waals surface area contributed by atoms with Gasteiger partial charge in [-0.25, -0.2) is 8.42 Å². The highest BCUT2D eigenvalue weighted by atomic mass is 35.7. The minimum atomic E-state index is -4.24. The second-order valence-corrected chi connectivity index (χ2v) is 5.66. The van der Waals surface area contributed by atoms with Gasteiger partial charge >= 0.3 is 0 Å². The van der Waals surface area contributed by atoms with Gasteiger partial charge in [0.1, 0.15) is 0 Å². The van der Waals surface area contributed by atoms with Crippen molar-refractivity contribution in [3.63, 3.8) is 0 Å². The molecule has 0 atom stereocenters. The molecular formula is C9H7ClFN3O2S. The number of aromatic nitrogens is 3. The summed E-state index contributed by atoms with van der Waals surface area (Å²) in [5.41, 5.74) is 0.550. The quantitative estimate of drug-likeness (QED) is 0.785. The standard InChI is InChI=1S/C9H7ClFN3O2S/c1-2-3-6-4-5-7-12-8(11)9(14(7)13-6)17(10,15)16/h2-5H,1H3. The first-order chi connectivity index (χ1) is 7.93. The fraction of sp³-hybridized carbons (Fsp3) is 0.111. The Morgan fingerprint density at radius 1 is 1.47 bits per heavy atom. The first-order valence-electron chi connectivity index (χ1n) is 4.56. The largest absolute Gasteiger partial charge is 0.283 e. The number of halogens is 2. The van der Waals surface area contributed by atoms with Crippen LogP contribution in [0.2, 0.25) is 0 Å². The fourth-order valence-corrected chi connectivity index (χ4v) is 2.34. The summed E-state index contributed by atoms with van der Waals surface area (Å²) in [5, 5.41) is 3.17. The normalized spacial score (nSPS) is 12.6. The molecule has 2 aromatic rings. The second kappa shape index (κ2) is 4.08. The number of allylic oxidation sites excluding steroid dienone is 1. The molecule has 2 heterocycles. The van der Waals surface area contributed by atoms with Crippen LogP contribution < -0.4 is 0 Å². The van der Waals surface area contributed by atoms with E-state index >= 15 is 0 Å². The van der Waals surface area contributed by atoms with Crippen LogP contribution >= 0.6 is 10.7 Å². The van der Waals surface area contributed by atoms with Crippen LogP contribution in [0.1, 0.15) is 12.6 Å². The van der Waals surface area contributed by atoms with Gasteiger partial charge in [-0.15, -0.1) is 0 Å². The second-order valence-electron chi connectivity index (χ2n) is 3.17. The van der Waals surface area contributed by atoms with Crippen LogP contribution in [0.4, 0.5) is 4.39 Å². The minimum absolute atomic E-state index is 0.0787. The van der Waals surface area contributed by atoms with Gasteiger partial charge in [-0.05, 0) is 25.1 Å². The van der Waals surface area contributed by atoms with E-state index in [1.807, 2.05) is 0 Å². The molecule has 0 bridgehead atoms. The number of rotatable bonds is 2. The van der Waals surface area contributed by atoms with Gasteiger partial charge < -0.3 is 0 Å². The molecule has 0 radical (unpaired) electrons. The molecule has 17 heavy (non-hydrogen) atoms. The first-order valence-corrected chi connectivity index (χ1v) is 6.87. The summed E-state index contributed by atoms with van der Waals surface area (Å²) in [6.45, 7) is 1.78. The van der Waals surface area contributed by atoms with E-state index in [0.29, 0.717) is 5.69 Å². The molecule has 0 saturated carbocycles. The lowest BCUT2D eigenvalue weighted by molar-refractivity contribution is 0.539. The highest BCUT2D eigenvalue weighted by molar-refractivity contribution is 8.13. The summed E-state index contributed by atoms with van der Waals surface area (Å²) in [5.74, 6) is -1.16. The van der Waals surface area contributed by atoms with Gasteiger partial charge in [0.25, 0.3) is 15.0 Å². The molecule has 8 heteroatoms. The van der Waals surface area contributed by atoms with E-state index in [0.717, 1.165) is 4.52 Å². The summed E-state index contributed by atoms with van der Waals surface area (Å²) in [7, 11) is 0.890. The maximum absolute atomic E-state index is 13.4. The molecule has 90 valence electrons. The number of nitrogens with zero attached hydrogens (tertiary/aromatic N) is 3. The lowest BCUT2D eigenvalue weighted by atomic mass is 10.3. The van der Waals surface area contributed by atoms with Crippen molar-refractivity contribution in [1.29, 1.82) is 0 Å². The molecule has 2 aromatic heterocycles. The van der Waals surface area contributed by atoms with Crippen LogP contribution in [0, 0.1) is 5.95 Å². The number of fused-ring (bicyclic) bond motifs is 1. The molecule has 0 N–H and O–H groups in total. The molecule has 0 aromatic carbocycles. The van der Waals surface area contributed by atoms with Crippen LogP contribution in [0.3, 0.4) is 0 Å². The number of hydrogen-bond donors (Lipinski definition) is 0. The predicted molar refractivity (Wildman–Crippen MR) is 60.7 cm³/mol. The van der Waals surface area contributed by atoms with Gasteiger partial charge in [0, 0.05) is 10.7 Å². The van der Waals surface area contributed by atoms with Crippen molar-refractivity contribution in [2.75, 3.05) is 0 Å². The zero-order chi connectivity index (χ0) is 12.6. The Morgan fingerprint density at radius 3 is 2.76 bits per heavy atom. The predicted octanol–water partition coefficient (Wildman–Crippen LogP) is 1.83. The van der Waals surface area contributed by atoms with Crippen LogP contribution in [-0.2, 0) is 9.05 Å². The third kappa shape index (κ3) is 2.16.